The summed E-state index contributed by atoms with van der Waals surface area (Å²) in [6, 6.07) is 0.304. The van der Waals surface area contributed by atoms with Crippen molar-refractivity contribution in [2.75, 3.05) is 0 Å². The van der Waals surface area contributed by atoms with E-state index in [2.05, 4.69) is 19.1 Å². The zero-order valence-corrected chi connectivity index (χ0v) is 7.66. The molecule has 2 bridgehead atoms. The first-order valence-corrected chi connectivity index (χ1v) is 4.83. The minimum absolute atomic E-state index is 0.00289. The quantitative estimate of drug-likeness (QED) is 0.528. The Balaban J connectivity index is 2.26. The first-order chi connectivity index (χ1) is 5.62. The molecule has 2 rings (SSSR count). The van der Waals surface area contributed by atoms with Gasteiger partial charge in [-0.2, -0.15) is 0 Å². The average molecular weight is 166 g/mol. The lowest BCUT2D eigenvalue weighted by molar-refractivity contribution is 0.141. The standard InChI is InChI=1S/C10H18N2/c1-7-9(11)5-8-3-2-4-10(7,12)6-8/h2-3,7-9H,4-6,11-12H2,1H3. The first kappa shape index (κ1) is 8.27. The summed E-state index contributed by atoms with van der Waals surface area (Å²) in [5.41, 5.74) is 12.3. The molecular formula is C10H18N2. The molecule has 0 aromatic carbocycles. The van der Waals surface area contributed by atoms with Crippen LogP contribution in [-0.4, -0.2) is 11.6 Å². The van der Waals surface area contributed by atoms with Crippen LogP contribution in [0.25, 0.3) is 0 Å². The van der Waals surface area contributed by atoms with E-state index in [-0.39, 0.29) is 5.54 Å². The Morgan fingerprint density at radius 2 is 2.25 bits per heavy atom. The third-order valence-corrected chi connectivity index (χ3v) is 3.67. The maximum atomic E-state index is 6.30. The lowest BCUT2D eigenvalue weighted by atomic mass is 9.63. The predicted molar refractivity (Wildman–Crippen MR) is 50.5 cm³/mol. The molecule has 0 heterocycles. The molecule has 2 heteroatoms. The molecule has 0 spiro atoms. The van der Waals surface area contributed by atoms with Crippen molar-refractivity contribution >= 4 is 0 Å². The highest BCUT2D eigenvalue weighted by molar-refractivity contribution is 5.12. The van der Waals surface area contributed by atoms with E-state index in [1.54, 1.807) is 0 Å². The number of nitrogens with two attached hydrogens (primary N) is 2. The van der Waals surface area contributed by atoms with Crippen molar-refractivity contribution in [3.8, 4) is 0 Å². The van der Waals surface area contributed by atoms with Gasteiger partial charge in [0.15, 0.2) is 0 Å². The molecule has 12 heavy (non-hydrogen) atoms. The number of allylic oxidation sites excluding steroid dienone is 1. The third kappa shape index (κ3) is 1.10. The van der Waals surface area contributed by atoms with Gasteiger partial charge in [0.2, 0.25) is 0 Å². The maximum absolute atomic E-state index is 6.30. The molecule has 0 radical (unpaired) electrons. The van der Waals surface area contributed by atoms with Crippen LogP contribution < -0.4 is 11.5 Å². The van der Waals surface area contributed by atoms with Crippen molar-refractivity contribution in [3.05, 3.63) is 12.2 Å². The first-order valence-electron chi connectivity index (χ1n) is 4.83. The van der Waals surface area contributed by atoms with Gasteiger partial charge in [-0.05, 0) is 31.1 Å². The number of hydrogen-bond acceptors (Lipinski definition) is 2. The fourth-order valence-corrected chi connectivity index (χ4v) is 2.63. The van der Waals surface area contributed by atoms with Crippen LogP contribution >= 0.6 is 0 Å². The number of fused-ring (bicyclic) bond motifs is 2. The van der Waals surface area contributed by atoms with Crippen LogP contribution in [0.1, 0.15) is 26.2 Å². The van der Waals surface area contributed by atoms with Crippen molar-refractivity contribution in [1.82, 2.24) is 0 Å². The molecule has 1 saturated carbocycles. The Hall–Kier alpha value is -0.340. The number of hydrogen-bond donors (Lipinski definition) is 2. The van der Waals surface area contributed by atoms with Crippen molar-refractivity contribution < 1.29 is 0 Å². The van der Waals surface area contributed by atoms with Gasteiger partial charge < -0.3 is 11.5 Å². The molecule has 0 saturated heterocycles. The van der Waals surface area contributed by atoms with Gasteiger partial charge in [-0.15, -0.1) is 0 Å². The largest absolute Gasteiger partial charge is 0.327 e. The van der Waals surface area contributed by atoms with E-state index in [0.29, 0.717) is 17.9 Å². The monoisotopic (exact) mass is 166 g/mol. The zero-order chi connectivity index (χ0) is 8.77. The second kappa shape index (κ2) is 2.57. The third-order valence-electron chi connectivity index (χ3n) is 3.67. The maximum Gasteiger partial charge on any atom is 0.0235 e. The Morgan fingerprint density at radius 1 is 1.50 bits per heavy atom. The lowest BCUT2D eigenvalue weighted by Gasteiger charge is -2.47. The zero-order valence-electron chi connectivity index (χ0n) is 7.66. The van der Waals surface area contributed by atoms with Crippen LogP contribution in [0, 0.1) is 11.8 Å². The summed E-state index contributed by atoms with van der Waals surface area (Å²) in [5, 5.41) is 0. The van der Waals surface area contributed by atoms with E-state index >= 15 is 0 Å². The molecule has 1 fully saturated rings. The normalized spacial score (nSPS) is 52.4. The molecule has 2 aliphatic carbocycles. The Bertz CT molecular complexity index is 212. The van der Waals surface area contributed by atoms with Gasteiger partial charge in [-0.3, -0.25) is 0 Å². The van der Waals surface area contributed by atoms with Crippen LogP contribution in [0.15, 0.2) is 12.2 Å². The molecule has 4 atom stereocenters. The van der Waals surface area contributed by atoms with E-state index in [4.69, 9.17) is 11.5 Å². The van der Waals surface area contributed by atoms with E-state index in [0.717, 1.165) is 19.3 Å². The molecule has 2 nitrogen and oxygen atoms in total. The van der Waals surface area contributed by atoms with Crippen LogP contribution in [-0.2, 0) is 0 Å². The summed E-state index contributed by atoms with van der Waals surface area (Å²) in [6.07, 6.45) is 7.79. The van der Waals surface area contributed by atoms with Crippen LogP contribution in [0.4, 0.5) is 0 Å². The SMILES string of the molecule is CC1C(N)CC2C=CCC1(N)C2. The molecular weight excluding hydrogens is 148 g/mol. The molecule has 2 aliphatic rings. The van der Waals surface area contributed by atoms with Gasteiger partial charge in [-0.1, -0.05) is 19.1 Å². The minimum Gasteiger partial charge on any atom is -0.327 e. The molecule has 0 aromatic rings. The molecule has 4 N–H and O–H groups in total. The Labute approximate surface area is 74.0 Å². The summed E-state index contributed by atoms with van der Waals surface area (Å²) >= 11 is 0. The van der Waals surface area contributed by atoms with Gasteiger partial charge in [0.1, 0.15) is 0 Å². The van der Waals surface area contributed by atoms with Crippen molar-refractivity contribution in [1.29, 1.82) is 0 Å². The predicted octanol–water partition coefficient (Wildman–Crippen LogP) is 1.02. The van der Waals surface area contributed by atoms with E-state index in [9.17, 15) is 0 Å². The Kier molecular flexibility index (Phi) is 1.77. The van der Waals surface area contributed by atoms with Crippen LogP contribution in [0.5, 0.6) is 0 Å². The lowest BCUT2D eigenvalue weighted by Crippen LogP contribution is -2.58. The highest BCUT2D eigenvalue weighted by Crippen LogP contribution is 2.40. The fourth-order valence-electron chi connectivity index (χ4n) is 2.63. The summed E-state index contributed by atoms with van der Waals surface area (Å²) in [5.74, 6) is 1.12. The Morgan fingerprint density at radius 3 is 3.00 bits per heavy atom. The summed E-state index contributed by atoms with van der Waals surface area (Å²) in [6.45, 7) is 2.19. The number of rotatable bonds is 0. The summed E-state index contributed by atoms with van der Waals surface area (Å²) in [4.78, 5) is 0. The molecule has 4 unspecified atom stereocenters. The van der Waals surface area contributed by atoms with Crippen LogP contribution in [0.3, 0.4) is 0 Å². The topological polar surface area (TPSA) is 52.0 Å². The molecule has 0 aliphatic heterocycles. The van der Waals surface area contributed by atoms with Crippen molar-refractivity contribution in [2.45, 2.75) is 37.8 Å². The molecule has 0 amide bonds. The average Bonchev–Trinajstić information content (AvgIpc) is 2.01. The van der Waals surface area contributed by atoms with Gasteiger partial charge in [0.05, 0.1) is 0 Å². The van der Waals surface area contributed by atoms with E-state index < -0.39 is 0 Å². The highest BCUT2D eigenvalue weighted by Gasteiger charge is 2.42. The summed E-state index contributed by atoms with van der Waals surface area (Å²) < 4.78 is 0. The van der Waals surface area contributed by atoms with Crippen molar-refractivity contribution in [3.63, 3.8) is 0 Å². The molecule has 68 valence electrons. The molecule has 0 aromatic heterocycles. The second-order valence-electron chi connectivity index (χ2n) is 4.52. The smallest absolute Gasteiger partial charge is 0.0235 e. The van der Waals surface area contributed by atoms with Gasteiger partial charge in [0.25, 0.3) is 0 Å². The van der Waals surface area contributed by atoms with E-state index in [1.165, 1.54) is 0 Å². The summed E-state index contributed by atoms with van der Waals surface area (Å²) in [7, 11) is 0. The van der Waals surface area contributed by atoms with Gasteiger partial charge >= 0.3 is 0 Å². The van der Waals surface area contributed by atoms with Gasteiger partial charge in [-0.25, -0.2) is 0 Å². The van der Waals surface area contributed by atoms with Gasteiger partial charge in [0, 0.05) is 11.6 Å². The second-order valence-corrected chi connectivity index (χ2v) is 4.52. The highest BCUT2D eigenvalue weighted by atomic mass is 14.8. The fraction of sp³-hybridized carbons (Fsp3) is 0.800. The minimum atomic E-state index is -0.00289. The van der Waals surface area contributed by atoms with Crippen LogP contribution in [0.2, 0.25) is 0 Å². The van der Waals surface area contributed by atoms with Crippen molar-refractivity contribution in [2.24, 2.45) is 23.3 Å². The van der Waals surface area contributed by atoms with E-state index in [1.807, 2.05) is 0 Å².